The molecule has 0 N–H and O–H groups in total. The van der Waals surface area contributed by atoms with Gasteiger partial charge in [-0.1, -0.05) is 35.9 Å². The molecule has 3 aromatic rings. The normalized spacial score (nSPS) is 12.5. The number of rotatable bonds is 6. The molecule has 170 valence electrons. The summed E-state index contributed by atoms with van der Waals surface area (Å²) >= 11 is 0. The Kier molecular flexibility index (Phi) is 5.77. The zero-order valence-electron chi connectivity index (χ0n) is 18.2. The van der Waals surface area contributed by atoms with Crippen LogP contribution >= 0.6 is 0 Å². The van der Waals surface area contributed by atoms with Gasteiger partial charge in [0.15, 0.2) is 6.61 Å². The Labute approximate surface area is 193 Å². The van der Waals surface area contributed by atoms with E-state index in [2.05, 4.69) is 0 Å². The van der Waals surface area contributed by atoms with Gasteiger partial charge in [0, 0.05) is 11.6 Å². The van der Waals surface area contributed by atoms with E-state index in [-0.39, 0.29) is 22.4 Å². The van der Waals surface area contributed by atoms with Gasteiger partial charge in [0.2, 0.25) is 5.78 Å². The molecule has 3 aromatic carbocycles. The first-order valence-corrected chi connectivity index (χ1v) is 10.2. The predicted molar refractivity (Wildman–Crippen MR) is 121 cm³/mol. The number of benzene rings is 3. The van der Waals surface area contributed by atoms with E-state index in [1.807, 2.05) is 13.0 Å². The number of nitro groups is 1. The molecule has 9 heteroatoms. The quantitative estimate of drug-likeness (QED) is 0.179. The van der Waals surface area contributed by atoms with E-state index in [9.17, 15) is 29.3 Å². The fourth-order valence-electron chi connectivity index (χ4n) is 3.80. The maximum absolute atomic E-state index is 13.0. The molecule has 0 aromatic heterocycles. The number of nitrogens with zero attached hydrogens (tertiary/aromatic N) is 2. The number of amides is 2. The predicted octanol–water partition coefficient (Wildman–Crippen LogP) is 4.05. The number of carbonyl (C=O) groups is 4. The molecule has 0 aliphatic carbocycles. The van der Waals surface area contributed by atoms with Crippen molar-refractivity contribution in [2.45, 2.75) is 13.8 Å². The second-order valence-corrected chi connectivity index (χ2v) is 7.74. The van der Waals surface area contributed by atoms with Crippen LogP contribution in [0.2, 0.25) is 0 Å². The van der Waals surface area contributed by atoms with Crippen molar-refractivity contribution in [3.05, 3.63) is 104 Å². The summed E-state index contributed by atoms with van der Waals surface area (Å²) < 4.78 is 5.20. The Morgan fingerprint density at radius 2 is 1.68 bits per heavy atom. The monoisotopic (exact) mass is 458 g/mol. The molecule has 34 heavy (non-hydrogen) atoms. The number of para-hydroxylation sites is 1. The van der Waals surface area contributed by atoms with Gasteiger partial charge in [-0.25, -0.2) is 9.69 Å². The highest BCUT2D eigenvalue weighted by molar-refractivity contribution is 6.36. The van der Waals surface area contributed by atoms with E-state index < -0.39 is 40.8 Å². The lowest BCUT2D eigenvalue weighted by molar-refractivity contribution is -0.385. The number of esters is 1. The number of carbonyl (C=O) groups excluding carboxylic acids is 4. The molecule has 4 rings (SSSR count). The zero-order chi connectivity index (χ0) is 24.6. The topological polar surface area (TPSA) is 124 Å². The Bertz CT molecular complexity index is 1390. The first kappa shape index (κ1) is 22.5. The molecule has 0 atom stereocenters. The highest BCUT2D eigenvalue weighted by Crippen LogP contribution is 2.35. The zero-order valence-corrected chi connectivity index (χ0v) is 18.2. The van der Waals surface area contributed by atoms with Crippen LogP contribution in [0.5, 0.6) is 0 Å². The van der Waals surface area contributed by atoms with Crippen molar-refractivity contribution in [1.29, 1.82) is 0 Å². The molecule has 0 fully saturated rings. The molecule has 1 heterocycles. The van der Waals surface area contributed by atoms with E-state index in [4.69, 9.17) is 4.74 Å². The van der Waals surface area contributed by atoms with E-state index in [1.54, 1.807) is 19.1 Å². The van der Waals surface area contributed by atoms with E-state index >= 15 is 0 Å². The van der Waals surface area contributed by atoms with Crippen LogP contribution in [0.3, 0.4) is 0 Å². The number of Topliss-reactive ketones (excluding diaryl/α,β-unsaturated/α-hetero) is 1. The maximum atomic E-state index is 13.0. The van der Waals surface area contributed by atoms with Gasteiger partial charge in [-0.05, 0) is 43.7 Å². The molecule has 9 nitrogen and oxygen atoms in total. The minimum Gasteiger partial charge on any atom is -0.454 e. The number of ketones is 1. The average molecular weight is 458 g/mol. The lowest BCUT2D eigenvalue weighted by atomic mass is 10.0. The summed E-state index contributed by atoms with van der Waals surface area (Å²) in [6, 6.07) is 14.8. The Hall–Kier alpha value is -4.66. The summed E-state index contributed by atoms with van der Waals surface area (Å²) in [4.78, 5) is 62.7. The van der Waals surface area contributed by atoms with Gasteiger partial charge in [0.05, 0.1) is 21.7 Å². The van der Waals surface area contributed by atoms with Crippen LogP contribution in [-0.2, 0) is 4.74 Å². The summed E-state index contributed by atoms with van der Waals surface area (Å²) in [5.41, 5.74) is 0.843. The van der Waals surface area contributed by atoms with Gasteiger partial charge in [-0.15, -0.1) is 0 Å². The SMILES string of the molecule is Cc1ccc(C)c(C(=O)COC(=O)c2ccccc2N2C(=O)c3cccc([N+](=O)[O-])c3C2=O)c1. The fraction of sp³-hybridized carbons (Fsp3) is 0.120. The van der Waals surface area contributed by atoms with Crippen LogP contribution in [-0.4, -0.2) is 35.1 Å². The maximum Gasteiger partial charge on any atom is 0.340 e. The first-order chi connectivity index (χ1) is 16.2. The van der Waals surface area contributed by atoms with Gasteiger partial charge in [-0.2, -0.15) is 0 Å². The van der Waals surface area contributed by atoms with Gasteiger partial charge < -0.3 is 4.74 Å². The number of nitro benzene ring substituents is 1. The van der Waals surface area contributed by atoms with Crippen molar-refractivity contribution in [3.8, 4) is 0 Å². The van der Waals surface area contributed by atoms with Crippen molar-refractivity contribution in [3.63, 3.8) is 0 Å². The van der Waals surface area contributed by atoms with Crippen LogP contribution in [0.25, 0.3) is 0 Å². The highest BCUT2D eigenvalue weighted by Gasteiger charge is 2.43. The summed E-state index contributed by atoms with van der Waals surface area (Å²) in [7, 11) is 0. The van der Waals surface area contributed by atoms with E-state index in [0.29, 0.717) is 10.5 Å². The summed E-state index contributed by atoms with van der Waals surface area (Å²) in [6.07, 6.45) is 0. The van der Waals surface area contributed by atoms with Crippen LogP contribution in [0.15, 0.2) is 60.7 Å². The molecule has 0 unspecified atom stereocenters. The molecule has 0 radical (unpaired) electrons. The Morgan fingerprint density at radius 3 is 2.41 bits per heavy atom. The summed E-state index contributed by atoms with van der Waals surface area (Å²) in [5.74, 6) is -3.03. The molecule has 0 saturated carbocycles. The average Bonchev–Trinajstić information content (AvgIpc) is 3.08. The third-order valence-electron chi connectivity index (χ3n) is 5.48. The van der Waals surface area contributed by atoms with Crippen molar-refractivity contribution < 1.29 is 28.8 Å². The minimum absolute atomic E-state index is 0.0906. The standard InChI is InChI=1S/C25H18N2O7/c1-14-10-11-15(2)18(12-14)21(28)13-34-25(31)16-6-3-4-8-19(16)26-23(29)17-7-5-9-20(27(32)33)22(17)24(26)30/h3-12H,13H2,1-2H3. The molecular weight excluding hydrogens is 440 g/mol. The molecule has 1 aliphatic heterocycles. The Morgan fingerprint density at radius 1 is 0.941 bits per heavy atom. The van der Waals surface area contributed by atoms with Crippen LogP contribution in [0.4, 0.5) is 11.4 Å². The van der Waals surface area contributed by atoms with Crippen molar-refractivity contribution >= 4 is 34.9 Å². The molecule has 0 spiro atoms. The number of anilines is 1. The van der Waals surface area contributed by atoms with Crippen molar-refractivity contribution in [2.24, 2.45) is 0 Å². The van der Waals surface area contributed by atoms with Crippen LogP contribution < -0.4 is 4.90 Å². The van der Waals surface area contributed by atoms with Gasteiger partial charge >= 0.3 is 5.97 Å². The molecular formula is C25H18N2O7. The van der Waals surface area contributed by atoms with Crippen molar-refractivity contribution in [1.82, 2.24) is 0 Å². The highest BCUT2D eigenvalue weighted by atomic mass is 16.6. The second-order valence-electron chi connectivity index (χ2n) is 7.74. The van der Waals surface area contributed by atoms with Gasteiger partial charge in [-0.3, -0.25) is 24.5 Å². The molecule has 2 amide bonds. The van der Waals surface area contributed by atoms with Crippen molar-refractivity contribution in [2.75, 3.05) is 11.5 Å². The molecule has 1 aliphatic rings. The minimum atomic E-state index is -0.918. The van der Waals surface area contributed by atoms with Gasteiger partial charge in [0.1, 0.15) is 5.56 Å². The third kappa shape index (κ3) is 3.83. The lowest BCUT2D eigenvalue weighted by Crippen LogP contribution is -2.31. The number of imide groups is 1. The second kappa shape index (κ2) is 8.70. The molecule has 0 bridgehead atoms. The smallest absolute Gasteiger partial charge is 0.340 e. The third-order valence-corrected chi connectivity index (χ3v) is 5.48. The fourth-order valence-corrected chi connectivity index (χ4v) is 3.80. The van der Waals surface area contributed by atoms with Gasteiger partial charge in [0.25, 0.3) is 17.5 Å². The van der Waals surface area contributed by atoms with Crippen LogP contribution in [0, 0.1) is 24.0 Å². The number of ether oxygens (including phenoxy) is 1. The summed E-state index contributed by atoms with van der Waals surface area (Å²) in [6.45, 7) is 3.07. The lowest BCUT2D eigenvalue weighted by Gasteiger charge is -2.17. The number of hydrogen-bond donors (Lipinski definition) is 0. The molecule has 0 saturated heterocycles. The summed E-state index contributed by atoms with van der Waals surface area (Å²) in [5, 5.41) is 11.4. The number of fused-ring (bicyclic) bond motifs is 1. The van der Waals surface area contributed by atoms with E-state index in [1.165, 1.54) is 36.4 Å². The number of aryl methyl sites for hydroxylation is 2. The largest absolute Gasteiger partial charge is 0.454 e. The Balaban J connectivity index is 1.62. The number of hydrogen-bond acceptors (Lipinski definition) is 7. The first-order valence-electron chi connectivity index (χ1n) is 10.2. The van der Waals surface area contributed by atoms with E-state index in [0.717, 1.165) is 17.2 Å². The van der Waals surface area contributed by atoms with Crippen LogP contribution in [0.1, 0.15) is 52.6 Å².